The highest BCUT2D eigenvalue weighted by Crippen LogP contribution is 2.18. The van der Waals surface area contributed by atoms with E-state index in [-0.39, 0.29) is 0 Å². The first-order valence-electron chi connectivity index (χ1n) is 7.03. The van der Waals surface area contributed by atoms with Gasteiger partial charge in [-0.2, -0.15) is 0 Å². The van der Waals surface area contributed by atoms with Gasteiger partial charge < -0.3 is 14.5 Å². The van der Waals surface area contributed by atoms with Crippen LogP contribution in [0.4, 0.5) is 5.69 Å². The van der Waals surface area contributed by atoms with Gasteiger partial charge in [0.05, 0.1) is 24.5 Å². The molecular weight excluding hydrogens is 262 g/mol. The van der Waals surface area contributed by atoms with Crippen LogP contribution in [-0.2, 0) is 17.9 Å². The lowest BCUT2D eigenvalue weighted by Crippen LogP contribution is -2.06. The van der Waals surface area contributed by atoms with Gasteiger partial charge >= 0.3 is 0 Å². The van der Waals surface area contributed by atoms with Gasteiger partial charge in [-0.1, -0.05) is 24.3 Å². The topological polar surface area (TPSA) is 38.6 Å². The van der Waals surface area contributed by atoms with Gasteiger partial charge in [0.25, 0.3) is 0 Å². The maximum Gasteiger partial charge on any atom is 0.137 e. The maximum atomic E-state index is 5.24. The predicted molar refractivity (Wildman–Crippen MR) is 84.4 cm³/mol. The molecule has 0 bridgehead atoms. The number of rotatable bonds is 5. The minimum absolute atomic E-state index is 0.606. The molecule has 0 saturated carbocycles. The van der Waals surface area contributed by atoms with E-state index in [2.05, 4.69) is 26.8 Å². The Morgan fingerprint density at radius 2 is 1.95 bits per heavy atom. The fraction of sp³-hybridized carbons (Fsp3) is 0.235. The molecular formula is C17H19N3O. The van der Waals surface area contributed by atoms with Gasteiger partial charge in [0.1, 0.15) is 5.65 Å². The Hall–Kier alpha value is -2.33. The van der Waals surface area contributed by atoms with Crippen molar-refractivity contribution >= 4 is 11.3 Å². The number of fused-ring (bicyclic) bond motifs is 1. The first-order valence-corrected chi connectivity index (χ1v) is 7.03. The molecule has 2 aromatic heterocycles. The summed E-state index contributed by atoms with van der Waals surface area (Å²) in [6.07, 6.45) is 2.05. The quantitative estimate of drug-likeness (QED) is 0.779. The number of nitrogens with one attached hydrogen (secondary N) is 1. The second-order valence-corrected chi connectivity index (χ2v) is 5.02. The molecule has 0 spiro atoms. The number of imidazole rings is 1. The third kappa shape index (κ3) is 2.76. The molecule has 1 N–H and O–H groups in total. The first-order chi connectivity index (χ1) is 10.3. The number of hydrogen-bond acceptors (Lipinski definition) is 3. The number of aryl methyl sites for hydroxylation is 1. The molecule has 0 atom stereocenters. The highest BCUT2D eigenvalue weighted by atomic mass is 16.5. The summed E-state index contributed by atoms with van der Waals surface area (Å²) < 4.78 is 7.37. The van der Waals surface area contributed by atoms with E-state index < -0.39 is 0 Å². The predicted octanol–water partition coefficient (Wildman–Crippen LogP) is 3.40. The maximum absolute atomic E-state index is 5.24. The van der Waals surface area contributed by atoms with Crippen molar-refractivity contribution in [2.45, 2.75) is 20.1 Å². The van der Waals surface area contributed by atoms with Crippen LogP contribution in [0, 0.1) is 6.92 Å². The van der Waals surface area contributed by atoms with Gasteiger partial charge in [-0.25, -0.2) is 4.98 Å². The van der Waals surface area contributed by atoms with Crippen molar-refractivity contribution in [3.63, 3.8) is 0 Å². The van der Waals surface area contributed by atoms with Crippen molar-refractivity contribution in [2.24, 2.45) is 0 Å². The Balaban J connectivity index is 1.85. The molecule has 0 aliphatic heterocycles. The summed E-state index contributed by atoms with van der Waals surface area (Å²) in [7, 11) is 1.71. The molecule has 21 heavy (non-hydrogen) atoms. The normalized spacial score (nSPS) is 11.0. The fourth-order valence-corrected chi connectivity index (χ4v) is 2.53. The van der Waals surface area contributed by atoms with E-state index >= 15 is 0 Å². The fourth-order valence-electron chi connectivity index (χ4n) is 2.53. The Bertz CT molecular complexity index is 749. The summed E-state index contributed by atoms with van der Waals surface area (Å²) in [5, 5.41) is 3.49. The molecule has 1 aromatic carbocycles. The first kappa shape index (κ1) is 13.6. The van der Waals surface area contributed by atoms with Crippen LogP contribution in [0.15, 0.2) is 48.7 Å². The van der Waals surface area contributed by atoms with Crippen LogP contribution in [0.5, 0.6) is 0 Å². The highest BCUT2D eigenvalue weighted by molar-refractivity contribution is 5.52. The SMILES string of the molecule is COCc1ccccc1NCc1c(C)nc2ccccn12. The van der Waals surface area contributed by atoms with Crippen molar-refractivity contribution in [3.8, 4) is 0 Å². The second-order valence-electron chi connectivity index (χ2n) is 5.02. The van der Waals surface area contributed by atoms with Crippen LogP contribution in [-0.4, -0.2) is 16.5 Å². The van der Waals surface area contributed by atoms with E-state index in [1.54, 1.807) is 7.11 Å². The third-order valence-corrected chi connectivity index (χ3v) is 3.59. The number of ether oxygens (including phenoxy) is 1. The molecule has 0 aliphatic rings. The van der Waals surface area contributed by atoms with E-state index in [9.17, 15) is 0 Å². The number of nitrogens with zero attached hydrogens (tertiary/aromatic N) is 2. The van der Waals surface area contributed by atoms with E-state index in [1.807, 2.05) is 43.5 Å². The molecule has 3 rings (SSSR count). The van der Waals surface area contributed by atoms with Gasteiger partial charge in [-0.3, -0.25) is 0 Å². The molecule has 4 heteroatoms. The number of hydrogen-bond donors (Lipinski definition) is 1. The Kier molecular flexibility index (Phi) is 3.88. The van der Waals surface area contributed by atoms with Crippen molar-refractivity contribution < 1.29 is 4.74 Å². The highest BCUT2D eigenvalue weighted by Gasteiger charge is 2.08. The largest absolute Gasteiger partial charge is 0.380 e. The van der Waals surface area contributed by atoms with Gasteiger partial charge in [-0.05, 0) is 25.1 Å². The van der Waals surface area contributed by atoms with Crippen LogP contribution < -0.4 is 5.32 Å². The van der Waals surface area contributed by atoms with Gasteiger partial charge in [0.15, 0.2) is 0 Å². The number of anilines is 1. The van der Waals surface area contributed by atoms with Crippen molar-refractivity contribution in [2.75, 3.05) is 12.4 Å². The Labute approximate surface area is 124 Å². The summed E-state index contributed by atoms with van der Waals surface area (Å²) in [4.78, 5) is 4.58. The van der Waals surface area contributed by atoms with E-state index in [0.29, 0.717) is 6.61 Å². The molecule has 0 aliphatic carbocycles. The zero-order chi connectivity index (χ0) is 14.7. The average Bonchev–Trinajstić information content (AvgIpc) is 2.82. The van der Waals surface area contributed by atoms with Crippen molar-refractivity contribution in [3.05, 3.63) is 65.6 Å². The lowest BCUT2D eigenvalue weighted by Gasteiger charge is -2.12. The second kappa shape index (κ2) is 5.97. The van der Waals surface area contributed by atoms with E-state index in [1.165, 1.54) is 5.69 Å². The van der Waals surface area contributed by atoms with Crippen LogP contribution >= 0.6 is 0 Å². The Morgan fingerprint density at radius 1 is 1.14 bits per heavy atom. The smallest absolute Gasteiger partial charge is 0.137 e. The zero-order valence-electron chi connectivity index (χ0n) is 12.3. The number of benzene rings is 1. The molecule has 0 unspecified atom stereocenters. The molecule has 4 nitrogen and oxygen atoms in total. The third-order valence-electron chi connectivity index (χ3n) is 3.59. The van der Waals surface area contributed by atoms with Gasteiger partial charge in [0, 0.05) is 24.6 Å². The van der Waals surface area contributed by atoms with Gasteiger partial charge in [-0.15, -0.1) is 0 Å². The number of pyridine rings is 1. The minimum Gasteiger partial charge on any atom is -0.380 e. The van der Waals surface area contributed by atoms with Crippen LogP contribution in [0.3, 0.4) is 0 Å². The summed E-state index contributed by atoms with van der Waals surface area (Å²) in [5.41, 5.74) is 5.48. The summed E-state index contributed by atoms with van der Waals surface area (Å²) in [6, 6.07) is 14.3. The zero-order valence-corrected chi connectivity index (χ0v) is 12.3. The monoisotopic (exact) mass is 281 g/mol. The molecule has 0 radical (unpaired) electrons. The summed E-state index contributed by atoms with van der Waals surface area (Å²) in [5.74, 6) is 0. The molecule has 0 saturated heterocycles. The van der Waals surface area contributed by atoms with Crippen molar-refractivity contribution in [1.29, 1.82) is 0 Å². The van der Waals surface area contributed by atoms with Gasteiger partial charge in [0.2, 0.25) is 0 Å². The number of aromatic nitrogens is 2. The summed E-state index contributed by atoms with van der Waals surface area (Å²) in [6.45, 7) is 3.39. The van der Waals surface area contributed by atoms with Crippen LogP contribution in [0.25, 0.3) is 5.65 Å². The van der Waals surface area contributed by atoms with Crippen molar-refractivity contribution in [1.82, 2.24) is 9.38 Å². The number of methoxy groups -OCH3 is 1. The minimum atomic E-state index is 0.606. The average molecular weight is 281 g/mol. The molecule has 0 amide bonds. The lowest BCUT2D eigenvalue weighted by atomic mass is 10.2. The van der Waals surface area contributed by atoms with E-state index in [0.717, 1.165) is 29.1 Å². The number of para-hydroxylation sites is 1. The lowest BCUT2D eigenvalue weighted by molar-refractivity contribution is 0.185. The molecule has 0 fully saturated rings. The van der Waals surface area contributed by atoms with E-state index in [4.69, 9.17) is 4.74 Å². The standard InChI is InChI=1S/C17H19N3O/c1-13-16(20-10-6-5-9-17(20)19-13)11-18-15-8-4-3-7-14(15)12-21-2/h3-10,18H,11-12H2,1-2H3. The Morgan fingerprint density at radius 3 is 2.81 bits per heavy atom. The van der Waals surface area contributed by atoms with Crippen LogP contribution in [0.2, 0.25) is 0 Å². The van der Waals surface area contributed by atoms with Crippen LogP contribution in [0.1, 0.15) is 17.0 Å². The molecule has 108 valence electrons. The molecule has 2 heterocycles. The molecule has 3 aromatic rings. The summed E-state index contributed by atoms with van der Waals surface area (Å²) >= 11 is 0.